The zero-order valence-electron chi connectivity index (χ0n) is 12.3. The predicted molar refractivity (Wildman–Crippen MR) is 81.7 cm³/mol. The third-order valence-corrected chi connectivity index (χ3v) is 4.80. The van der Waals surface area contributed by atoms with Crippen LogP contribution in [0.5, 0.6) is 0 Å². The van der Waals surface area contributed by atoms with Gasteiger partial charge in [0.2, 0.25) is 10.0 Å². The van der Waals surface area contributed by atoms with Crippen molar-refractivity contribution in [2.45, 2.75) is 24.7 Å². The molecule has 2 aromatic rings. The van der Waals surface area contributed by atoms with Gasteiger partial charge in [-0.2, -0.15) is 0 Å². The number of benzene rings is 1. The fourth-order valence-corrected chi connectivity index (χ4v) is 3.19. The zero-order valence-corrected chi connectivity index (χ0v) is 13.8. The van der Waals surface area contributed by atoms with Crippen molar-refractivity contribution < 1.29 is 17.7 Å². The summed E-state index contributed by atoms with van der Waals surface area (Å²) in [6, 6.07) is 4.08. The minimum absolute atomic E-state index is 0.0175. The van der Waals surface area contributed by atoms with Crippen LogP contribution >= 0.6 is 11.6 Å². The summed E-state index contributed by atoms with van der Waals surface area (Å²) in [4.78, 5) is 12.5. The van der Waals surface area contributed by atoms with Crippen LogP contribution in [0.2, 0.25) is 5.02 Å². The molecule has 0 atom stereocenters. The molecule has 0 aliphatic heterocycles. The molecule has 22 heavy (non-hydrogen) atoms. The Hall–Kier alpha value is -1.70. The number of nitrogens with zero attached hydrogens (tertiary/aromatic N) is 1. The van der Waals surface area contributed by atoms with Crippen molar-refractivity contribution in [3.8, 4) is 0 Å². The van der Waals surface area contributed by atoms with Gasteiger partial charge in [0.15, 0.2) is 5.78 Å². The molecule has 0 saturated heterocycles. The monoisotopic (exact) mass is 342 g/mol. The van der Waals surface area contributed by atoms with Gasteiger partial charge in [0, 0.05) is 16.5 Å². The summed E-state index contributed by atoms with van der Waals surface area (Å²) in [5.41, 5.74) is 0.258. The molecule has 6 nitrogen and oxygen atoms in total. The summed E-state index contributed by atoms with van der Waals surface area (Å²) in [7, 11) is -2.56. The second-order valence-corrected chi connectivity index (χ2v) is 7.23. The maximum Gasteiger partial charge on any atom is 0.241 e. The van der Waals surface area contributed by atoms with Crippen LogP contribution in [0.15, 0.2) is 33.8 Å². The average molecular weight is 343 g/mol. The molecule has 0 bridgehead atoms. The molecule has 0 aliphatic rings. The highest BCUT2D eigenvalue weighted by atomic mass is 35.5. The van der Waals surface area contributed by atoms with E-state index in [1.54, 1.807) is 0 Å². The predicted octanol–water partition coefficient (Wildman–Crippen LogP) is 2.59. The molecule has 0 unspecified atom stereocenters. The number of rotatable bonds is 5. The Morgan fingerprint density at radius 1 is 1.32 bits per heavy atom. The molecular formula is C14H15ClN2O4S. The summed E-state index contributed by atoms with van der Waals surface area (Å²) in [5, 5.41) is 3.85. The van der Waals surface area contributed by atoms with Gasteiger partial charge >= 0.3 is 0 Å². The lowest BCUT2D eigenvalue weighted by Gasteiger charge is -2.10. The molecule has 0 spiro atoms. The van der Waals surface area contributed by atoms with Gasteiger partial charge in [-0.05, 0) is 25.2 Å². The summed E-state index contributed by atoms with van der Waals surface area (Å²) >= 11 is 5.86. The molecule has 0 aliphatic carbocycles. The number of nitrogens with one attached hydrogen (secondary N) is 1. The van der Waals surface area contributed by atoms with E-state index in [0.29, 0.717) is 5.76 Å². The number of hydrogen-bond donors (Lipinski definition) is 1. The lowest BCUT2D eigenvalue weighted by atomic mass is 10.00. The quantitative estimate of drug-likeness (QED) is 0.843. The number of aromatic nitrogens is 1. The maximum atomic E-state index is 12.7. The van der Waals surface area contributed by atoms with Crippen LogP contribution in [-0.4, -0.2) is 26.4 Å². The fraction of sp³-hybridized carbons (Fsp3) is 0.286. The summed E-state index contributed by atoms with van der Waals surface area (Å²) in [6.45, 7) is 3.70. The van der Waals surface area contributed by atoms with Crippen molar-refractivity contribution in [2.75, 3.05) is 7.05 Å². The van der Waals surface area contributed by atoms with Crippen LogP contribution in [-0.2, 0) is 10.0 Å². The van der Waals surface area contributed by atoms with Gasteiger partial charge in [0.05, 0.1) is 16.7 Å². The molecule has 1 aromatic carbocycles. The Bertz CT molecular complexity index is 812. The summed E-state index contributed by atoms with van der Waals surface area (Å²) in [6.07, 6.45) is 1.29. The van der Waals surface area contributed by atoms with E-state index in [1.165, 1.54) is 31.4 Å². The average Bonchev–Trinajstić information content (AvgIpc) is 2.96. The molecule has 1 aromatic heterocycles. The van der Waals surface area contributed by atoms with E-state index < -0.39 is 15.8 Å². The van der Waals surface area contributed by atoms with Crippen molar-refractivity contribution in [1.82, 2.24) is 9.88 Å². The van der Waals surface area contributed by atoms with Crippen molar-refractivity contribution in [1.29, 1.82) is 0 Å². The smallest absolute Gasteiger partial charge is 0.241 e. The van der Waals surface area contributed by atoms with Gasteiger partial charge in [0.25, 0.3) is 0 Å². The largest absolute Gasteiger partial charge is 0.360 e. The van der Waals surface area contributed by atoms with Gasteiger partial charge in [-0.25, -0.2) is 13.1 Å². The zero-order chi connectivity index (χ0) is 16.5. The van der Waals surface area contributed by atoms with Crippen LogP contribution < -0.4 is 4.72 Å². The Balaban J connectivity index is 2.63. The Kier molecular flexibility index (Phi) is 4.69. The van der Waals surface area contributed by atoms with Gasteiger partial charge in [-0.15, -0.1) is 0 Å². The number of halogens is 1. The number of carbonyl (C=O) groups excluding carboxylic acids is 1. The second-order valence-electron chi connectivity index (χ2n) is 4.94. The summed E-state index contributed by atoms with van der Waals surface area (Å²) < 4.78 is 31.5. The Labute approximate surface area is 133 Å². The van der Waals surface area contributed by atoms with Gasteiger partial charge in [-0.3, -0.25) is 4.79 Å². The highest BCUT2D eigenvalue weighted by molar-refractivity contribution is 7.89. The third-order valence-electron chi connectivity index (χ3n) is 3.11. The SMILES string of the molecule is CNS(=O)(=O)c1cc(Cl)ccc1C(=O)c1cnoc1C(C)C. The molecule has 0 radical (unpaired) electrons. The fourth-order valence-electron chi connectivity index (χ4n) is 2.00. The number of ketones is 1. The molecular weight excluding hydrogens is 328 g/mol. The molecule has 8 heteroatoms. The van der Waals surface area contributed by atoms with Crippen LogP contribution in [0.25, 0.3) is 0 Å². The Morgan fingerprint density at radius 3 is 2.59 bits per heavy atom. The molecule has 0 amide bonds. The molecule has 1 N–H and O–H groups in total. The lowest BCUT2D eigenvalue weighted by molar-refractivity contribution is 0.103. The Morgan fingerprint density at radius 2 is 2.00 bits per heavy atom. The minimum atomic E-state index is -3.83. The molecule has 0 fully saturated rings. The van der Waals surface area contributed by atoms with E-state index >= 15 is 0 Å². The van der Waals surface area contributed by atoms with Crippen molar-refractivity contribution in [3.05, 3.63) is 46.3 Å². The molecule has 1 heterocycles. The van der Waals surface area contributed by atoms with E-state index in [2.05, 4.69) is 9.88 Å². The standard InChI is InChI=1S/C14H15ClN2O4S/c1-8(2)14-11(7-17-21-14)13(18)10-5-4-9(15)6-12(10)22(19,20)16-3/h4-8,16H,1-3H3. The molecule has 2 rings (SSSR count). The maximum absolute atomic E-state index is 12.7. The van der Waals surface area contributed by atoms with E-state index in [0.717, 1.165) is 0 Å². The van der Waals surface area contributed by atoms with Crippen LogP contribution in [0.3, 0.4) is 0 Å². The van der Waals surface area contributed by atoms with Crippen LogP contribution in [0.4, 0.5) is 0 Å². The topological polar surface area (TPSA) is 89.3 Å². The van der Waals surface area contributed by atoms with Crippen molar-refractivity contribution in [2.24, 2.45) is 0 Å². The number of hydrogen-bond acceptors (Lipinski definition) is 5. The first-order valence-corrected chi connectivity index (χ1v) is 8.36. The van der Waals surface area contributed by atoms with E-state index in [-0.39, 0.29) is 27.0 Å². The second kappa shape index (κ2) is 6.20. The normalized spacial score (nSPS) is 11.9. The van der Waals surface area contributed by atoms with Gasteiger partial charge in [-0.1, -0.05) is 30.6 Å². The number of sulfonamides is 1. The first kappa shape index (κ1) is 16.7. The molecule has 0 saturated carbocycles. The third kappa shape index (κ3) is 3.06. The highest BCUT2D eigenvalue weighted by Gasteiger charge is 2.26. The van der Waals surface area contributed by atoms with E-state index in [1.807, 2.05) is 13.8 Å². The van der Waals surface area contributed by atoms with Crippen molar-refractivity contribution in [3.63, 3.8) is 0 Å². The first-order chi connectivity index (χ1) is 10.3. The van der Waals surface area contributed by atoms with E-state index in [9.17, 15) is 13.2 Å². The van der Waals surface area contributed by atoms with Crippen LogP contribution in [0.1, 0.15) is 41.4 Å². The van der Waals surface area contributed by atoms with Crippen molar-refractivity contribution >= 4 is 27.4 Å². The lowest BCUT2D eigenvalue weighted by Crippen LogP contribution is -2.22. The van der Waals surface area contributed by atoms with Gasteiger partial charge in [0.1, 0.15) is 5.76 Å². The van der Waals surface area contributed by atoms with E-state index in [4.69, 9.17) is 16.1 Å². The van der Waals surface area contributed by atoms with Crippen LogP contribution in [0, 0.1) is 0 Å². The highest BCUT2D eigenvalue weighted by Crippen LogP contribution is 2.26. The number of carbonyl (C=O) groups is 1. The molecule has 118 valence electrons. The van der Waals surface area contributed by atoms with Gasteiger partial charge < -0.3 is 4.52 Å². The first-order valence-electron chi connectivity index (χ1n) is 6.50. The summed E-state index contributed by atoms with van der Waals surface area (Å²) in [5.74, 6) is -0.124. The minimum Gasteiger partial charge on any atom is -0.360 e.